The highest BCUT2D eigenvalue weighted by Crippen LogP contribution is 2.20. The second-order valence-corrected chi connectivity index (χ2v) is 5.69. The first-order valence-electron chi connectivity index (χ1n) is 6.81. The van der Waals surface area contributed by atoms with Gasteiger partial charge in [0.25, 0.3) is 0 Å². The van der Waals surface area contributed by atoms with Crippen molar-refractivity contribution in [2.75, 3.05) is 6.54 Å². The Balaban J connectivity index is 2.42. The summed E-state index contributed by atoms with van der Waals surface area (Å²) >= 11 is 5.94. The van der Waals surface area contributed by atoms with Crippen LogP contribution in [0.15, 0.2) is 18.2 Å². The van der Waals surface area contributed by atoms with E-state index in [0.29, 0.717) is 42.3 Å². The lowest BCUT2D eigenvalue weighted by molar-refractivity contribution is -0.139. The lowest BCUT2D eigenvalue weighted by Crippen LogP contribution is -2.38. The van der Waals surface area contributed by atoms with Gasteiger partial charge >= 0.3 is 5.97 Å². The minimum absolute atomic E-state index is 0.310. The molecule has 2 N–H and O–H groups in total. The molecule has 0 bridgehead atoms. The number of nitrogens with one attached hydrogen (secondary N) is 1. The van der Waals surface area contributed by atoms with E-state index < -0.39 is 12.0 Å². The number of carboxylic acids is 1. The highest BCUT2D eigenvalue weighted by molar-refractivity contribution is 6.31. The molecule has 3 nitrogen and oxygen atoms in total. The number of hydrogen-bond donors (Lipinski definition) is 2. The monoisotopic (exact) mass is 301 g/mol. The maximum absolute atomic E-state index is 13.5. The number of halogens is 2. The fraction of sp³-hybridized carbons (Fsp3) is 0.533. The molecule has 1 aromatic rings. The normalized spacial score (nSPS) is 12.7. The van der Waals surface area contributed by atoms with Gasteiger partial charge in [-0.2, -0.15) is 0 Å². The number of benzene rings is 1. The predicted octanol–water partition coefficient (Wildman–Crippen LogP) is 3.50. The number of carboxylic acid groups (broad SMARTS) is 1. The van der Waals surface area contributed by atoms with Crippen molar-refractivity contribution >= 4 is 17.6 Å². The van der Waals surface area contributed by atoms with Crippen molar-refractivity contribution in [3.63, 3.8) is 0 Å². The first-order chi connectivity index (χ1) is 9.41. The van der Waals surface area contributed by atoms with Gasteiger partial charge in [0, 0.05) is 10.6 Å². The SMILES string of the molecule is CC(C)C[C@H](NCCCc1c(F)cccc1Cl)C(=O)O. The molecule has 112 valence electrons. The molecule has 0 aliphatic carbocycles. The zero-order valence-electron chi connectivity index (χ0n) is 11.8. The molecular formula is C15H21ClFNO2. The molecule has 0 radical (unpaired) electrons. The average molecular weight is 302 g/mol. The van der Waals surface area contributed by atoms with E-state index in [1.165, 1.54) is 6.07 Å². The van der Waals surface area contributed by atoms with Crippen LogP contribution in [0.1, 0.15) is 32.3 Å². The van der Waals surface area contributed by atoms with Crippen molar-refractivity contribution in [3.05, 3.63) is 34.6 Å². The van der Waals surface area contributed by atoms with Gasteiger partial charge in [-0.15, -0.1) is 0 Å². The van der Waals surface area contributed by atoms with E-state index in [4.69, 9.17) is 16.7 Å². The zero-order valence-corrected chi connectivity index (χ0v) is 12.6. The molecule has 5 heteroatoms. The third kappa shape index (κ3) is 5.47. The van der Waals surface area contributed by atoms with Gasteiger partial charge in [0.05, 0.1) is 0 Å². The van der Waals surface area contributed by atoms with E-state index in [2.05, 4.69) is 5.32 Å². The van der Waals surface area contributed by atoms with Crippen LogP contribution in [0.4, 0.5) is 4.39 Å². The Morgan fingerprint density at radius 2 is 2.15 bits per heavy atom. The van der Waals surface area contributed by atoms with Gasteiger partial charge < -0.3 is 10.4 Å². The van der Waals surface area contributed by atoms with Crippen molar-refractivity contribution in [2.45, 2.75) is 39.2 Å². The molecular weight excluding hydrogens is 281 g/mol. The van der Waals surface area contributed by atoms with Gasteiger partial charge in [-0.3, -0.25) is 4.79 Å². The Morgan fingerprint density at radius 3 is 2.70 bits per heavy atom. The molecule has 20 heavy (non-hydrogen) atoms. The standard InChI is InChI=1S/C15H21ClFNO2/c1-10(2)9-14(15(19)20)18-8-4-5-11-12(16)6-3-7-13(11)17/h3,6-7,10,14,18H,4-5,8-9H2,1-2H3,(H,19,20)/t14-/m0/s1. The molecule has 0 heterocycles. The lowest BCUT2D eigenvalue weighted by atomic mass is 10.0. The van der Waals surface area contributed by atoms with Crippen LogP contribution in [0, 0.1) is 11.7 Å². The maximum Gasteiger partial charge on any atom is 0.320 e. The van der Waals surface area contributed by atoms with Gasteiger partial charge in [-0.05, 0) is 43.9 Å². The summed E-state index contributed by atoms with van der Waals surface area (Å²) in [5.41, 5.74) is 0.492. The Bertz CT molecular complexity index is 431. The fourth-order valence-corrected chi connectivity index (χ4v) is 2.31. The molecule has 0 fully saturated rings. The molecule has 0 saturated carbocycles. The molecule has 0 saturated heterocycles. The van der Waals surface area contributed by atoms with E-state index >= 15 is 0 Å². The van der Waals surface area contributed by atoms with Gasteiger partial charge in [-0.25, -0.2) is 4.39 Å². The van der Waals surface area contributed by atoms with Crippen LogP contribution in [0.5, 0.6) is 0 Å². The topological polar surface area (TPSA) is 49.3 Å². The summed E-state index contributed by atoms with van der Waals surface area (Å²) in [5.74, 6) is -0.846. The molecule has 0 aliphatic rings. The summed E-state index contributed by atoms with van der Waals surface area (Å²) in [6.45, 7) is 4.49. The second-order valence-electron chi connectivity index (χ2n) is 5.28. The molecule has 1 aromatic carbocycles. The number of rotatable bonds is 8. The summed E-state index contributed by atoms with van der Waals surface area (Å²) in [4.78, 5) is 11.1. The minimum Gasteiger partial charge on any atom is -0.480 e. The first kappa shape index (κ1) is 16.9. The van der Waals surface area contributed by atoms with Crippen LogP contribution in [0.3, 0.4) is 0 Å². The largest absolute Gasteiger partial charge is 0.480 e. The van der Waals surface area contributed by atoms with Gasteiger partial charge in [0.1, 0.15) is 11.9 Å². The van der Waals surface area contributed by atoms with Crippen LogP contribution in [-0.4, -0.2) is 23.7 Å². The fourth-order valence-electron chi connectivity index (χ4n) is 2.06. The van der Waals surface area contributed by atoms with E-state index in [0.717, 1.165) is 0 Å². The zero-order chi connectivity index (χ0) is 15.1. The van der Waals surface area contributed by atoms with Crippen molar-refractivity contribution in [3.8, 4) is 0 Å². The molecule has 1 rings (SSSR count). The number of carbonyl (C=O) groups is 1. The van der Waals surface area contributed by atoms with E-state index in [1.54, 1.807) is 12.1 Å². The van der Waals surface area contributed by atoms with Gasteiger partial charge in [-0.1, -0.05) is 31.5 Å². The third-order valence-electron chi connectivity index (χ3n) is 3.06. The maximum atomic E-state index is 13.5. The summed E-state index contributed by atoms with van der Waals surface area (Å²) in [6, 6.07) is 4.06. The third-order valence-corrected chi connectivity index (χ3v) is 3.42. The highest BCUT2D eigenvalue weighted by Gasteiger charge is 2.17. The molecule has 0 aromatic heterocycles. The summed E-state index contributed by atoms with van der Waals surface area (Å²) in [7, 11) is 0. The van der Waals surface area contributed by atoms with Crippen molar-refractivity contribution in [2.24, 2.45) is 5.92 Å². The Hall–Kier alpha value is -1.13. The van der Waals surface area contributed by atoms with Crippen LogP contribution in [0.2, 0.25) is 5.02 Å². The summed E-state index contributed by atoms with van der Waals surface area (Å²) in [5, 5.41) is 12.5. The van der Waals surface area contributed by atoms with Crippen LogP contribution >= 0.6 is 11.6 Å². The van der Waals surface area contributed by atoms with E-state index in [1.807, 2.05) is 13.8 Å². The molecule has 1 atom stereocenters. The molecule has 0 aliphatic heterocycles. The number of aliphatic carboxylic acids is 1. The molecule has 0 unspecified atom stereocenters. The quantitative estimate of drug-likeness (QED) is 0.723. The van der Waals surface area contributed by atoms with Crippen molar-refractivity contribution < 1.29 is 14.3 Å². The Kier molecular flexibility index (Phi) is 6.96. The summed E-state index contributed by atoms with van der Waals surface area (Å²) < 4.78 is 13.5. The molecule has 0 spiro atoms. The highest BCUT2D eigenvalue weighted by atomic mass is 35.5. The summed E-state index contributed by atoms with van der Waals surface area (Å²) in [6.07, 6.45) is 1.71. The van der Waals surface area contributed by atoms with Gasteiger partial charge in [0.15, 0.2) is 0 Å². The van der Waals surface area contributed by atoms with Gasteiger partial charge in [0.2, 0.25) is 0 Å². The molecule has 0 amide bonds. The number of hydrogen-bond acceptors (Lipinski definition) is 2. The second kappa shape index (κ2) is 8.22. The predicted molar refractivity (Wildman–Crippen MR) is 78.6 cm³/mol. The van der Waals surface area contributed by atoms with Crippen LogP contribution < -0.4 is 5.32 Å². The van der Waals surface area contributed by atoms with E-state index in [-0.39, 0.29) is 5.82 Å². The Morgan fingerprint density at radius 1 is 1.45 bits per heavy atom. The minimum atomic E-state index is -0.845. The Labute approximate surface area is 124 Å². The van der Waals surface area contributed by atoms with Crippen molar-refractivity contribution in [1.29, 1.82) is 0 Å². The smallest absolute Gasteiger partial charge is 0.320 e. The lowest BCUT2D eigenvalue weighted by Gasteiger charge is -2.16. The first-order valence-corrected chi connectivity index (χ1v) is 7.18. The average Bonchev–Trinajstić information content (AvgIpc) is 2.35. The van der Waals surface area contributed by atoms with Crippen LogP contribution in [-0.2, 0) is 11.2 Å². The van der Waals surface area contributed by atoms with Crippen molar-refractivity contribution in [1.82, 2.24) is 5.32 Å². The van der Waals surface area contributed by atoms with E-state index in [9.17, 15) is 9.18 Å². The van der Waals surface area contributed by atoms with Crippen LogP contribution in [0.25, 0.3) is 0 Å².